The minimum Gasteiger partial charge on any atom is -0.472 e. The highest BCUT2D eigenvalue weighted by atomic mass is 16.5. The maximum absolute atomic E-state index is 12.5. The highest BCUT2D eigenvalue weighted by Gasteiger charge is 2.18. The lowest BCUT2D eigenvalue weighted by Crippen LogP contribution is -2.17. The number of aromatic nitrogens is 1. The van der Waals surface area contributed by atoms with Crippen LogP contribution in [0, 0.1) is 0 Å². The Kier molecular flexibility index (Phi) is 5.49. The normalized spacial score (nSPS) is 15.8. The van der Waals surface area contributed by atoms with Gasteiger partial charge in [0.2, 0.25) is 5.88 Å². The zero-order valence-electron chi connectivity index (χ0n) is 15.2. The molecular formula is C22H20N2O4. The van der Waals surface area contributed by atoms with Crippen LogP contribution >= 0.6 is 0 Å². The molecule has 1 aromatic heterocycles. The molecule has 1 saturated heterocycles. The highest BCUT2D eigenvalue weighted by molar-refractivity contribution is 6.04. The van der Waals surface area contributed by atoms with Gasteiger partial charge in [-0.3, -0.25) is 4.79 Å². The van der Waals surface area contributed by atoms with Crippen LogP contribution in [0.5, 0.6) is 17.4 Å². The number of rotatable bonds is 6. The molecule has 0 aliphatic carbocycles. The van der Waals surface area contributed by atoms with Crippen LogP contribution in [0.1, 0.15) is 16.8 Å². The van der Waals surface area contributed by atoms with Gasteiger partial charge in [-0.25, -0.2) is 4.98 Å². The molecule has 1 aliphatic rings. The van der Waals surface area contributed by atoms with Crippen molar-refractivity contribution in [3.8, 4) is 17.4 Å². The quantitative estimate of drug-likeness (QED) is 0.695. The van der Waals surface area contributed by atoms with E-state index in [1.807, 2.05) is 42.5 Å². The second-order valence-electron chi connectivity index (χ2n) is 6.38. The minimum absolute atomic E-state index is 0.0111. The second kappa shape index (κ2) is 8.54. The van der Waals surface area contributed by atoms with E-state index in [1.165, 1.54) is 0 Å². The first-order valence-electron chi connectivity index (χ1n) is 9.11. The summed E-state index contributed by atoms with van der Waals surface area (Å²) >= 11 is 0. The molecule has 1 unspecified atom stereocenters. The molecular weight excluding hydrogens is 356 g/mol. The number of carbonyl (C=O) groups excluding carboxylic acids is 1. The number of nitrogens with one attached hydrogen (secondary N) is 1. The molecule has 1 fully saturated rings. The van der Waals surface area contributed by atoms with Gasteiger partial charge in [-0.15, -0.1) is 0 Å². The number of hydrogen-bond acceptors (Lipinski definition) is 5. The van der Waals surface area contributed by atoms with Gasteiger partial charge in [0.1, 0.15) is 17.6 Å². The summed E-state index contributed by atoms with van der Waals surface area (Å²) in [4.78, 5) is 16.7. The maximum Gasteiger partial charge on any atom is 0.255 e. The van der Waals surface area contributed by atoms with Crippen LogP contribution in [0.25, 0.3) is 0 Å². The van der Waals surface area contributed by atoms with Crippen LogP contribution in [0.2, 0.25) is 0 Å². The summed E-state index contributed by atoms with van der Waals surface area (Å²) in [6, 6.07) is 20.0. The SMILES string of the molecule is O=C(Nc1ccc(Oc2ccccc2)cc1)c1ccnc(OC2CCOC2)c1. The molecule has 6 nitrogen and oxygen atoms in total. The third-order valence-corrected chi connectivity index (χ3v) is 4.26. The molecule has 6 heteroatoms. The third-order valence-electron chi connectivity index (χ3n) is 4.26. The van der Waals surface area contributed by atoms with Crippen molar-refractivity contribution in [1.82, 2.24) is 4.98 Å². The van der Waals surface area contributed by atoms with Crippen molar-refractivity contribution in [2.24, 2.45) is 0 Å². The Hall–Kier alpha value is -3.38. The van der Waals surface area contributed by atoms with Crippen molar-refractivity contribution in [3.63, 3.8) is 0 Å². The van der Waals surface area contributed by atoms with Crippen molar-refractivity contribution in [2.45, 2.75) is 12.5 Å². The summed E-state index contributed by atoms with van der Waals surface area (Å²) in [6.45, 7) is 1.24. The molecule has 2 aromatic carbocycles. The molecule has 1 amide bonds. The van der Waals surface area contributed by atoms with Crippen molar-refractivity contribution < 1.29 is 19.0 Å². The van der Waals surface area contributed by atoms with Gasteiger partial charge >= 0.3 is 0 Å². The molecule has 0 spiro atoms. The predicted octanol–water partition coefficient (Wildman–Crippen LogP) is 4.29. The van der Waals surface area contributed by atoms with E-state index >= 15 is 0 Å². The Morgan fingerprint density at radius 1 is 1.04 bits per heavy atom. The molecule has 0 bridgehead atoms. The number of anilines is 1. The summed E-state index contributed by atoms with van der Waals surface area (Å²) in [5.41, 5.74) is 1.16. The Labute approximate surface area is 163 Å². The topological polar surface area (TPSA) is 69.7 Å². The van der Waals surface area contributed by atoms with Gasteiger partial charge in [0.15, 0.2) is 0 Å². The van der Waals surface area contributed by atoms with E-state index in [2.05, 4.69) is 10.3 Å². The summed E-state index contributed by atoms with van der Waals surface area (Å²) in [6.07, 6.45) is 2.38. The molecule has 3 aromatic rings. The van der Waals surface area contributed by atoms with E-state index in [0.29, 0.717) is 36.1 Å². The first-order chi connectivity index (χ1) is 13.8. The molecule has 1 N–H and O–H groups in total. The fourth-order valence-electron chi connectivity index (χ4n) is 2.83. The number of para-hydroxylation sites is 1. The number of carbonyl (C=O) groups is 1. The summed E-state index contributed by atoms with van der Waals surface area (Å²) < 4.78 is 16.8. The van der Waals surface area contributed by atoms with Gasteiger partial charge in [-0.05, 0) is 42.5 Å². The van der Waals surface area contributed by atoms with Crippen molar-refractivity contribution >= 4 is 11.6 Å². The fraction of sp³-hybridized carbons (Fsp3) is 0.182. The second-order valence-corrected chi connectivity index (χ2v) is 6.38. The summed E-state index contributed by atoms with van der Waals surface area (Å²) in [5.74, 6) is 1.65. The van der Waals surface area contributed by atoms with Gasteiger partial charge in [0.25, 0.3) is 5.91 Å². The van der Waals surface area contributed by atoms with Gasteiger partial charge in [0, 0.05) is 29.9 Å². The van der Waals surface area contributed by atoms with Gasteiger partial charge in [-0.1, -0.05) is 18.2 Å². The molecule has 0 radical (unpaired) electrons. The van der Waals surface area contributed by atoms with Crippen LogP contribution in [-0.2, 0) is 4.74 Å². The molecule has 0 saturated carbocycles. The van der Waals surface area contributed by atoms with E-state index in [1.54, 1.807) is 30.5 Å². The lowest BCUT2D eigenvalue weighted by molar-refractivity contribution is 0.102. The molecule has 2 heterocycles. The van der Waals surface area contributed by atoms with E-state index in [4.69, 9.17) is 14.2 Å². The Bertz CT molecular complexity index is 923. The highest BCUT2D eigenvalue weighted by Crippen LogP contribution is 2.23. The lowest BCUT2D eigenvalue weighted by Gasteiger charge is -2.12. The van der Waals surface area contributed by atoms with E-state index in [0.717, 1.165) is 12.2 Å². The largest absolute Gasteiger partial charge is 0.472 e. The molecule has 142 valence electrons. The molecule has 1 aliphatic heterocycles. The number of nitrogens with zero attached hydrogens (tertiary/aromatic N) is 1. The van der Waals surface area contributed by atoms with E-state index < -0.39 is 0 Å². The monoisotopic (exact) mass is 376 g/mol. The smallest absolute Gasteiger partial charge is 0.255 e. The Balaban J connectivity index is 1.38. The number of amides is 1. The zero-order chi connectivity index (χ0) is 19.2. The van der Waals surface area contributed by atoms with Crippen molar-refractivity contribution in [2.75, 3.05) is 18.5 Å². The summed E-state index contributed by atoms with van der Waals surface area (Å²) in [5, 5.41) is 2.87. The van der Waals surface area contributed by atoms with Gasteiger partial charge in [-0.2, -0.15) is 0 Å². The summed E-state index contributed by atoms with van der Waals surface area (Å²) in [7, 11) is 0. The average molecular weight is 376 g/mol. The predicted molar refractivity (Wildman–Crippen MR) is 105 cm³/mol. The molecule has 1 atom stereocenters. The standard InChI is InChI=1S/C22H20N2O4/c25-22(16-10-12-23-21(14-16)28-20-11-13-26-15-20)24-17-6-8-19(9-7-17)27-18-4-2-1-3-5-18/h1-10,12,14,20H,11,13,15H2,(H,24,25). The number of ether oxygens (including phenoxy) is 3. The first kappa shape index (κ1) is 18.0. The Morgan fingerprint density at radius 3 is 2.57 bits per heavy atom. The number of benzene rings is 2. The van der Waals surface area contributed by atoms with Crippen molar-refractivity contribution in [3.05, 3.63) is 78.5 Å². The Morgan fingerprint density at radius 2 is 1.82 bits per heavy atom. The van der Waals surface area contributed by atoms with E-state index in [-0.39, 0.29) is 12.0 Å². The maximum atomic E-state index is 12.5. The first-order valence-corrected chi connectivity index (χ1v) is 9.11. The molecule has 28 heavy (non-hydrogen) atoms. The average Bonchev–Trinajstić information content (AvgIpc) is 3.23. The molecule has 4 rings (SSSR count). The van der Waals surface area contributed by atoms with Gasteiger partial charge in [0.05, 0.1) is 13.2 Å². The zero-order valence-corrected chi connectivity index (χ0v) is 15.2. The van der Waals surface area contributed by atoms with Crippen molar-refractivity contribution in [1.29, 1.82) is 0 Å². The fourth-order valence-corrected chi connectivity index (χ4v) is 2.83. The number of hydrogen-bond donors (Lipinski definition) is 1. The van der Waals surface area contributed by atoms with Crippen LogP contribution in [0.3, 0.4) is 0 Å². The van der Waals surface area contributed by atoms with E-state index in [9.17, 15) is 4.79 Å². The van der Waals surface area contributed by atoms with Crippen LogP contribution < -0.4 is 14.8 Å². The minimum atomic E-state index is -0.230. The van der Waals surface area contributed by atoms with Crippen LogP contribution in [0.15, 0.2) is 72.9 Å². The van der Waals surface area contributed by atoms with Crippen LogP contribution in [-0.4, -0.2) is 30.2 Å². The van der Waals surface area contributed by atoms with Crippen LogP contribution in [0.4, 0.5) is 5.69 Å². The van der Waals surface area contributed by atoms with Gasteiger partial charge < -0.3 is 19.5 Å². The lowest BCUT2D eigenvalue weighted by atomic mass is 10.2. The number of pyridine rings is 1. The third kappa shape index (κ3) is 4.66.